The van der Waals surface area contributed by atoms with E-state index in [9.17, 15) is 0 Å². The Balaban J connectivity index is 2.93. The molecule has 0 heterocycles. The minimum Gasteiger partial charge on any atom is -0.152 e. The summed E-state index contributed by atoms with van der Waals surface area (Å²) in [6.07, 6.45) is 4.03. The van der Waals surface area contributed by atoms with Crippen LogP contribution < -0.4 is 0 Å². The molecule has 0 aromatic rings. The molecule has 0 aliphatic carbocycles. The van der Waals surface area contributed by atoms with E-state index in [0.717, 1.165) is 5.75 Å². The topological polar surface area (TPSA) is 0 Å². The van der Waals surface area contributed by atoms with Gasteiger partial charge in [-0.05, 0) is 17.7 Å². The first kappa shape index (κ1) is 8.18. The third-order valence-electron chi connectivity index (χ3n) is 0.530. The summed E-state index contributed by atoms with van der Waals surface area (Å²) in [6.45, 7) is 2.01. The van der Waals surface area contributed by atoms with Gasteiger partial charge in [-0.1, -0.05) is 12.2 Å². The molecule has 0 saturated heterocycles. The Morgan fingerprint density at radius 1 is 1.62 bits per heavy atom. The molecule has 0 aromatic heterocycles. The maximum atomic E-state index is 3.90. The Morgan fingerprint density at radius 2 is 2.38 bits per heavy atom. The molecule has 0 N–H and O–H groups in total. The number of allylic oxidation sites excluding steroid dienone is 1. The third-order valence-corrected chi connectivity index (χ3v) is 1.59. The molecule has 0 fully saturated rings. The van der Waals surface area contributed by atoms with E-state index < -0.39 is 0 Å². The Labute approximate surface area is 60.5 Å². The molecule has 0 aliphatic rings. The van der Waals surface area contributed by atoms with E-state index in [1.54, 1.807) is 17.2 Å². The number of thiol groups is 1. The molecule has 0 aliphatic heterocycles. The van der Waals surface area contributed by atoms with Crippen LogP contribution in [0.25, 0.3) is 0 Å². The third kappa shape index (κ3) is 6.18. The van der Waals surface area contributed by atoms with Gasteiger partial charge in [0.25, 0.3) is 0 Å². The van der Waals surface area contributed by atoms with Crippen molar-refractivity contribution < 1.29 is 0 Å². The van der Waals surface area contributed by atoms with Crippen LogP contribution in [0.2, 0.25) is 0 Å². The Bertz CT molecular complexity index is 72.5. The summed E-state index contributed by atoms with van der Waals surface area (Å²) in [6, 6.07) is 0. The second kappa shape index (κ2) is 7.18. The molecule has 0 aromatic carbocycles. The van der Waals surface area contributed by atoms with Crippen molar-refractivity contribution in [1.29, 1.82) is 0 Å². The molecule has 8 heavy (non-hydrogen) atoms. The van der Waals surface area contributed by atoms with Crippen LogP contribution >= 0.6 is 24.4 Å². The zero-order valence-electron chi connectivity index (χ0n) is 4.87. The summed E-state index contributed by atoms with van der Waals surface area (Å²) >= 11 is 5.67. The highest BCUT2D eigenvalue weighted by atomic mass is 32.2. The summed E-state index contributed by atoms with van der Waals surface area (Å²) in [7, 11) is 0. The first-order chi connectivity index (χ1) is 3.91. The van der Waals surface area contributed by atoms with Gasteiger partial charge in [0.1, 0.15) is 0 Å². The molecule has 0 bridgehead atoms. The molecule has 0 amide bonds. The fraction of sp³-hybridized carbons (Fsp3) is 0.333. The molecule has 0 unspecified atom stereocenters. The second-order valence-corrected chi connectivity index (χ2v) is 2.42. The standard InChI is InChI=1S/C6H10S2/c1-2-5-8-6-3-4-7/h2-5,7H,6H2,1H3/b4-3-,5-2+. The fourth-order valence-electron chi connectivity index (χ4n) is 0.250. The first-order valence-electron chi connectivity index (χ1n) is 2.43. The minimum atomic E-state index is 1.02. The maximum Gasteiger partial charge on any atom is 0.0162 e. The van der Waals surface area contributed by atoms with E-state index in [1.807, 2.05) is 19.1 Å². The summed E-state index contributed by atoms with van der Waals surface area (Å²) in [5, 5.41) is 3.82. The zero-order valence-corrected chi connectivity index (χ0v) is 6.58. The molecular formula is C6H10S2. The van der Waals surface area contributed by atoms with Crippen molar-refractivity contribution in [1.82, 2.24) is 0 Å². The van der Waals surface area contributed by atoms with Crippen LogP contribution in [0.4, 0.5) is 0 Å². The molecule has 46 valence electrons. The normalized spacial score (nSPS) is 11.8. The summed E-state index contributed by atoms with van der Waals surface area (Å²) < 4.78 is 0. The smallest absolute Gasteiger partial charge is 0.0162 e. The molecular weight excluding hydrogens is 136 g/mol. The highest BCUT2D eigenvalue weighted by Crippen LogP contribution is 2.01. The predicted molar refractivity (Wildman–Crippen MR) is 45.4 cm³/mol. The van der Waals surface area contributed by atoms with Gasteiger partial charge in [0.05, 0.1) is 0 Å². The van der Waals surface area contributed by atoms with Crippen molar-refractivity contribution >= 4 is 24.4 Å². The number of hydrogen-bond donors (Lipinski definition) is 1. The van der Waals surface area contributed by atoms with Crippen LogP contribution in [-0.2, 0) is 0 Å². The van der Waals surface area contributed by atoms with Crippen LogP contribution in [0.1, 0.15) is 6.92 Å². The van der Waals surface area contributed by atoms with Crippen molar-refractivity contribution in [2.75, 3.05) is 5.75 Å². The van der Waals surface area contributed by atoms with Crippen LogP contribution in [0, 0.1) is 0 Å². The van der Waals surface area contributed by atoms with Crippen molar-refractivity contribution in [2.24, 2.45) is 0 Å². The molecule has 0 saturated carbocycles. The molecule has 0 nitrogen and oxygen atoms in total. The lowest BCUT2D eigenvalue weighted by Crippen LogP contribution is -1.60. The van der Waals surface area contributed by atoms with Crippen LogP contribution in [0.5, 0.6) is 0 Å². The number of thioether (sulfide) groups is 1. The number of hydrogen-bond acceptors (Lipinski definition) is 2. The van der Waals surface area contributed by atoms with Gasteiger partial charge in [-0.15, -0.1) is 11.8 Å². The Kier molecular flexibility index (Phi) is 7.34. The summed E-state index contributed by atoms with van der Waals surface area (Å²) in [4.78, 5) is 0. The maximum absolute atomic E-state index is 3.90. The summed E-state index contributed by atoms with van der Waals surface area (Å²) in [5.74, 6) is 1.02. The first-order valence-corrected chi connectivity index (χ1v) is 4.00. The van der Waals surface area contributed by atoms with Crippen molar-refractivity contribution in [3.63, 3.8) is 0 Å². The van der Waals surface area contributed by atoms with Crippen LogP contribution in [0.15, 0.2) is 23.0 Å². The minimum absolute atomic E-state index is 1.02. The van der Waals surface area contributed by atoms with E-state index in [2.05, 4.69) is 18.0 Å². The van der Waals surface area contributed by atoms with Gasteiger partial charge >= 0.3 is 0 Å². The van der Waals surface area contributed by atoms with E-state index in [-0.39, 0.29) is 0 Å². The lowest BCUT2D eigenvalue weighted by molar-refractivity contribution is 1.77. The van der Waals surface area contributed by atoms with Gasteiger partial charge < -0.3 is 0 Å². The second-order valence-electron chi connectivity index (χ2n) is 1.19. The van der Waals surface area contributed by atoms with Gasteiger partial charge in [0.2, 0.25) is 0 Å². The average molecular weight is 146 g/mol. The molecule has 0 spiro atoms. The molecule has 0 atom stereocenters. The quantitative estimate of drug-likeness (QED) is 0.472. The van der Waals surface area contributed by atoms with Crippen LogP contribution in [0.3, 0.4) is 0 Å². The molecule has 0 radical (unpaired) electrons. The van der Waals surface area contributed by atoms with Gasteiger partial charge in [-0.3, -0.25) is 0 Å². The largest absolute Gasteiger partial charge is 0.152 e. The Morgan fingerprint density at radius 3 is 2.88 bits per heavy atom. The number of rotatable bonds is 3. The average Bonchev–Trinajstić information content (AvgIpc) is 1.81. The van der Waals surface area contributed by atoms with Crippen molar-refractivity contribution in [3.05, 3.63) is 23.0 Å². The summed E-state index contributed by atoms with van der Waals surface area (Å²) in [5.41, 5.74) is 0. The van der Waals surface area contributed by atoms with E-state index in [1.165, 1.54) is 0 Å². The molecule has 2 heteroatoms. The van der Waals surface area contributed by atoms with E-state index >= 15 is 0 Å². The lowest BCUT2D eigenvalue weighted by Gasteiger charge is -1.81. The SMILES string of the molecule is C/C=C/SC/C=C\S. The predicted octanol–water partition coefficient (Wildman–Crippen LogP) is 2.70. The van der Waals surface area contributed by atoms with Crippen LogP contribution in [-0.4, -0.2) is 5.75 Å². The van der Waals surface area contributed by atoms with Crippen molar-refractivity contribution in [2.45, 2.75) is 6.92 Å². The van der Waals surface area contributed by atoms with E-state index in [4.69, 9.17) is 0 Å². The molecule has 0 rings (SSSR count). The van der Waals surface area contributed by atoms with Gasteiger partial charge in [0, 0.05) is 5.75 Å². The lowest BCUT2D eigenvalue weighted by atomic mass is 10.8. The Hall–Kier alpha value is 0.180. The van der Waals surface area contributed by atoms with Crippen molar-refractivity contribution in [3.8, 4) is 0 Å². The monoisotopic (exact) mass is 146 g/mol. The fourth-order valence-corrected chi connectivity index (χ4v) is 1.01. The highest BCUT2D eigenvalue weighted by Gasteiger charge is 1.70. The zero-order chi connectivity index (χ0) is 6.24. The van der Waals surface area contributed by atoms with Gasteiger partial charge in [-0.25, -0.2) is 0 Å². The van der Waals surface area contributed by atoms with Gasteiger partial charge in [0.15, 0.2) is 0 Å². The highest BCUT2D eigenvalue weighted by molar-refractivity contribution is 8.02. The van der Waals surface area contributed by atoms with Gasteiger partial charge in [-0.2, -0.15) is 12.6 Å². The van der Waals surface area contributed by atoms with E-state index in [0.29, 0.717) is 0 Å².